The molecule has 1 N–H and O–H groups in total. The lowest BCUT2D eigenvalue weighted by atomic mass is 9.94. The second-order valence-corrected chi connectivity index (χ2v) is 4.79. The van der Waals surface area contributed by atoms with Crippen molar-refractivity contribution in [2.45, 2.75) is 25.3 Å². The third-order valence-electron chi connectivity index (χ3n) is 3.48. The fourth-order valence-corrected chi connectivity index (χ4v) is 2.60. The molecule has 94 valence electrons. The first kappa shape index (κ1) is 11.3. The maximum Gasteiger partial charge on any atom is 0.115 e. The highest BCUT2D eigenvalue weighted by atomic mass is 15.2. The molecule has 1 fully saturated rings. The molecule has 0 bridgehead atoms. The second-order valence-electron chi connectivity index (χ2n) is 4.79. The van der Waals surface area contributed by atoms with Gasteiger partial charge < -0.3 is 0 Å². The first-order valence-electron chi connectivity index (χ1n) is 6.38. The molecule has 0 radical (unpaired) electrons. The molecule has 2 aromatic rings. The van der Waals surface area contributed by atoms with Gasteiger partial charge in [-0.3, -0.25) is 10.00 Å². The minimum Gasteiger partial charge on any atom is -0.297 e. The summed E-state index contributed by atoms with van der Waals surface area (Å²) in [6.07, 6.45) is 7.72. The van der Waals surface area contributed by atoms with Crippen molar-refractivity contribution < 1.29 is 0 Å². The maximum atomic E-state index is 4.38. The molecule has 0 unspecified atom stereocenters. The van der Waals surface area contributed by atoms with Crippen LogP contribution in [0.3, 0.4) is 0 Å². The van der Waals surface area contributed by atoms with Gasteiger partial charge in [-0.2, -0.15) is 5.10 Å². The molecule has 0 aliphatic carbocycles. The number of nitrogens with one attached hydrogen (secondary N) is 1. The Morgan fingerprint density at radius 1 is 1.33 bits per heavy atom. The third kappa shape index (κ3) is 2.56. The van der Waals surface area contributed by atoms with Gasteiger partial charge in [-0.25, -0.2) is 9.97 Å². The lowest BCUT2D eigenvalue weighted by Gasteiger charge is -2.31. The van der Waals surface area contributed by atoms with Gasteiger partial charge in [-0.05, 0) is 31.5 Å². The van der Waals surface area contributed by atoms with Crippen LogP contribution in [0.4, 0.5) is 0 Å². The summed E-state index contributed by atoms with van der Waals surface area (Å²) in [5.74, 6) is 0.532. The maximum absolute atomic E-state index is 4.38. The zero-order valence-electron chi connectivity index (χ0n) is 10.3. The van der Waals surface area contributed by atoms with E-state index in [0.29, 0.717) is 5.92 Å². The van der Waals surface area contributed by atoms with Gasteiger partial charge in [-0.1, -0.05) is 0 Å². The Hall–Kier alpha value is -1.75. The zero-order valence-corrected chi connectivity index (χ0v) is 10.3. The predicted octanol–water partition coefficient (Wildman–Crippen LogP) is 1.58. The van der Waals surface area contributed by atoms with E-state index in [1.54, 1.807) is 12.5 Å². The third-order valence-corrected chi connectivity index (χ3v) is 3.48. The Morgan fingerprint density at radius 2 is 2.33 bits per heavy atom. The molecular weight excluding hydrogens is 226 g/mol. The first-order valence-corrected chi connectivity index (χ1v) is 6.38. The van der Waals surface area contributed by atoms with E-state index in [1.165, 1.54) is 24.2 Å². The Bertz CT molecular complexity index is 467. The number of nitrogens with zero attached hydrogens (tertiary/aromatic N) is 4. The van der Waals surface area contributed by atoms with Crippen LogP contribution in [-0.2, 0) is 6.54 Å². The average Bonchev–Trinajstić information content (AvgIpc) is 2.93. The minimum atomic E-state index is 0.532. The molecule has 0 amide bonds. The van der Waals surface area contributed by atoms with Crippen LogP contribution < -0.4 is 0 Å². The molecule has 5 heteroatoms. The molecule has 3 rings (SSSR count). The van der Waals surface area contributed by atoms with Crippen molar-refractivity contribution >= 4 is 0 Å². The van der Waals surface area contributed by atoms with E-state index in [4.69, 9.17) is 0 Å². The van der Waals surface area contributed by atoms with Crippen LogP contribution in [0.5, 0.6) is 0 Å². The molecule has 2 aromatic heterocycles. The highest BCUT2D eigenvalue weighted by Crippen LogP contribution is 2.25. The topological polar surface area (TPSA) is 57.7 Å². The van der Waals surface area contributed by atoms with E-state index in [2.05, 4.69) is 25.1 Å². The van der Waals surface area contributed by atoms with Gasteiger partial charge in [0.15, 0.2) is 0 Å². The quantitative estimate of drug-likeness (QED) is 0.889. The molecule has 3 heterocycles. The molecular formula is C13H17N5. The molecule has 0 spiro atoms. The van der Waals surface area contributed by atoms with Crippen molar-refractivity contribution in [3.8, 4) is 0 Å². The lowest BCUT2D eigenvalue weighted by molar-refractivity contribution is 0.196. The summed E-state index contributed by atoms with van der Waals surface area (Å²) in [4.78, 5) is 10.8. The van der Waals surface area contributed by atoms with Crippen molar-refractivity contribution in [3.05, 3.63) is 42.2 Å². The van der Waals surface area contributed by atoms with E-state index in [9.17, 15) is 0 Å². The normalized spacial score (nSPS) is 21.0. The van der Waals surface area contributed by atoms with Gasteiger partial charge in [0.25, 0.3) is 0 Å². The molecule has 1 atom stereocenters. The average molecular weight is 243 g/mol. The summed E-state index contributed by atoms with van der Waals surface area (Å²) in [5, 5.41) is 7.01. The SMILES string of the molecule is c1cc([C@@H]2CCCN(Cc3ccn[nH]3)C2)ncn1. The molecule has 18 heavy (non-hydrogen) atoms. The number of likely N-dealkylation sites (tertiary alicyclic amines) is 1. The van der Waals surface area contributed by atoms with Crippen LogP contribution in [-0.4, -0.2) is 38.2 Å². The molecule has 5 nitrogen and oxygen atoms in total. The number of hydrogen-bond donors (Lipinski definition) is 1. The monoisotopic (exact) mass is 243 g/mol. The van der Waals surface area contributed by atoms with Crippen molar-refractivity contribution in [1.29, 1.82) is 0 Å². The number of hydrogen-bond acceptors (Lipinski definition) is 4. The molecule has 1 aliphatic rings. The predicted molar refractivity (Wildman–Crippen MR) is 67.9 cm³/mol. The van der Waals surface area contributed by atoms with Gasteiger partial charge in [0.1, 0.15) is 6.33 Å². The summed E-state index contributed by atoms with van der Waals surface area (Å²) in [6.45, 7) is 3.16. The molecule has 0 aromatic carbocycles. The first-order chi connectivity index (χ1) is 8.92. The highest BCUT2D eigenvalue weighted by molar-refractivity contribution is 5.08. The van der Waals surface area contributed by atoms with Crippen molar-refractivity contribution in [2.24, 2.45) is 0 Å². The van der Waals surface area contributed by atoms with Crippen LogP contribution in [0.1, 0.15) is 30.1 Å². The number of rotatable bonds is 3. The summed E-state index contributed by atoms with van der Waals surface area (Å²) >= 11 is 0. The second kappa shape index (κ2) is 5.27. The number of piperidine rings is 1. The summed E-state index contributed by atoms with van der Waals surface area (Å²) in [6, 6.07) is 4.07. The van der Waals surface area contributed by atoms with Gasteiger partial charge in [0.2, 0.25) is 0 Å². The van der Waals surface area contributed by atoms with Gasteiger partial charge >= 0.3 is 0 Å². The molecule has 1 aliphatic heterocycles. The van der Waals surface area contributed by atoms with Crippen LogP contribution >= 0.6 is 0 Å². The van der Waals surface area contributed by atoms with Crippen molar-refractivity contribution in [2.75, 3.05) is 13.1 Å². The fraction of sp³-hybridized carbons (Fsp3) is 0.462. The zero-order chi connectivity index (χ0) is 12.2. The standard InChI is InChI=1S/C13H17N5/c1-2-11(13-4-5-14-10-15-13)8-18(7-1)9-12-3-6-16-17-12/h3-6,10-11H,1-2,7-9H2,(H,16,17)/t11-/m1/s1. The number of H-pyrrole nitrogens is 1. The largest absolute Gasteiger partial charge is 0.297 e. The summed E-state index contributed by atoms with van der Waals surface area (Å²) in [7, 11) is 0. The van der Waals surface area contributed by atoms with E-state index in [1.807, 2.05) is 18.3 Å². The molecule has 0 saturated carbocycles. The summed E-state index contributed by atoms with van der Waals surface area (Å²) in [5.41, 5.74) is 2.35. The Labute approximate surface area is 106 Å². The van der Waals surface area contributed by atoms with Crippen molar-refractivity contribution in [1.82, 2.24) is 25.1 Å². The number of aromatic amines is 1. The highest BCUT2D eigenvalue weighted by Gasteiger charge is 2.22. The Balaban J connectivity index is 1.65. The summed E-state index contributed by atoms with van der Waals surface area (Å²) < 4.78 is 0. The minimum absolute atomic E-state index is 0.532. The molecule has 1 saturated heterocycles. The van der Waals surface area contributed by atoms with E-state index < -0.39 is 0 Å². The van der Waals surface area contributed by atoms with Crippen LogP contribution in [0.2, 0.25) is 0 Å². The van der Waals surface area contributed by atoms with Crippen molar-refractivity contribution in [3.63, 3.8) is 0 Å². The van der Waals surface area contributed by atoms with Crippen LogP contribution in [0, 0.1) is 0 Å². The Morgan fingerprint density at radius 3 is 3.11 bits per heavy atom. The van der Waals surface area contributed by atoms with Crippen LogP contribution in [0.25, 0.3) is 0 Å². The van der Waals surface area contributed by atoms with E-state index >= 15 is 0 Å². The van der Waals surface area contributed by atoms with E-state index in [-0.39, 0.29) is 0 Å². The van der Waals surface area contributed by atoms with E-state index in [0.717, 1.165) is 19.6 Å². The van der Waals surface area contributed by atoms with Gasteiger partial charge in [-0.15, -0.1) is 0 Å². The smallest absolute Gasteiger partial charge is 0.115 e. The van der Waals surface area contributed by atoms with Gasteiger partial charge in [0.05, 0.1) is 0 Å². The Kier molecular flexibility index (Phi) is 3.32. The van der Waals surface area contributed by atoms with Gasteiger partial charge in [0, 0.05) is 42.8 Å². The lowest BCUT2D eigenvalue weighted by Crippen LogP contribution is -2.34. The fourth-order valence-electron chi connectivity index (χ4n) is 2.60. The van der Waals surface area contributed by atoms with Crippen LogP contribution in [0.15, 0.2) is 30.9 Å². The number of aromatic nitrogens is 4.